The van der Waals surface area contributed by atoms with E-state index in [2.05, 4.69) is 15.9 Å². The van der Waals surface area contributed by atoms with Crippen molar-refractivity contribution in [2.45, 2.75) is 6.54 Å². The quantitative estimate of drug-likeness (QED) is 0.478. The van der Waals surface area contributed by atoms with Gasteiger partial charge in [-0.3, -0.25) is 24.6 Å². The molecule has 110 valence electrons. The molecular formula is C15H9BrN2O4. The van der Waals surface area contributed by atoms with Gasteiger partial charge in [-0.05, 0) is 23.8 Å². The molecule has 1 aliphatic rings. The number of hydrogen-bond acceptors (Lipinski definition) is 4. The third-order valence-electron chi connectivity index (χ3n) is 3.43. The molecule has 0 radical (unpaired) electrons. The van der Waals surface area contributed by atoms with Crippen LogP contribution in [0.3, 0.4) is 0 Å². The average Bonchev–Trinajstić information content (AvgIpc) is 2.74. The van der Waals surface area contributed by atoms with Crippen molar-refractivity contribution in [2.75, 3.05) is 0 Å². The van der Waals surface area contributed by atoms with Gasteiger partial charge in [-0.2, -0.15) is 0 Å². The first kappa shape index (κ1) is 14.4. The Bertz CT molecular complexity index is 802. The van der Waals surface area contributed by atoms with Crippen LogP contribution < -0.4 is 0 Å². The van der Waals surface area contributed by atoms with Gasteiger partial charge in [-0.25, -0.2) is 0 Å². The molecule has 1 heterocycles. The van der Waals surface area contributed by atoms with E-state index >= 15 is 0 Å². The maximum absolute atomic E-state index is 12.4. The standard InChI is InChI=1S/C15H9BrN2O4/c16-10-6-4-9(5-7-10)8-17-14(19)11-2-1-3-12(18(21)22)13(11)15(17)20/h1-7H,8H2. The van der Waals surface area contributed by atoms with Crippen molar-refractivity contribution in [3.8, 4) is 0 Å². The first-order valence-electron chi connectivity index (χ1n) is 6.37. The van der Waals surface area contributed by atoms with Crippen molar-refractivity contribution in [3.05, 3.63) is 73.7 Å². The molecule has 1 aliphatic heterocycles. The molecule has 22 heavy (non-hydrogen) atoms. The Morgan fingerprint density at radius 2 is 1.73 bits per heavy atom. The summed E-state index contributed by atoms with van der Waals surface area (Å²) in [5, 5.41) is 11.0. The molecule has 0 bridgehead atoms. The Hall–Kier alpha value is -2.54. The van der Waals surface area contributed by atoms with Gasteiger partial charge < -0.3 is 0 Å². The number of nitrogens with zero attached hydrogens (tertiary/aromatic N) is 2. The molecule has 0 aromatic heterocycles. The van der Waals surface area contributed by atoms with Crippen LogP contribution in [-0.2, 0) is 6.54 Å². The van der Waals surface area contributed by atoms with Gasteiger partial charge in [0.25, 0.3) is 17.5 Å². The minimum absolute atomic E-state index is 0.0799. The molecule has 2 aromatic rings. The lowest BCUT2D eigenvalue weighted by atomic mass is 10.1. The number of hydrogen-bond donors (Lipinski definition) is 0. The summed E-state index contributed by atoms with van der Waals surface area (Å²) in [5.41, 5.74) is 0.375. The highest BCUT2D eigenvalue weighted by atomic mass is 79.9. The lowest BCUT2D eigenvalue weighted by molar-refractivity contribution is -0.385. The summed E-state index contributed by atoms with van der Waals surface area (Å²) in [6, 6.07) is 11.2. The predicted molar refractivity (Wildman–Crippen MR) is 81.4 cm³/mol. The summed E-state index contributed by atoms with van der Waals surface area (Å²) in [6.45, 7) is 0.0801. The number of nitro benzene ring substituents is 1. The Balaban J connectivity index is 1.98. The number of carbonyl (C=O) groups is 2. The zero-order valence-corrected chi connectivity index (χ0v) is 12.7. The lowest BCUT2D eigenvalue weighted by Gasteiger charge is -2.13. The largest absolute Gasteiger partial charge is 0.282 e. The van der Waals surface area contributed by atoms with Gasteiger partial charge >= 0.3 is 0 Å². The van der Waals surface area contributed by atoms with Crippen molar-refractivity contribution in [1.29, 1.82) is 0 Å². The summed E-state index contributed by atoms with van der Waals surface area (Å²) in [5.74, 6) is -1.14. The fraction of sp³-hybridized carbons (Fsp3) is 0.0667. The van der Waals surface area contributed by atoms with Crippen molar-refractivity contribution in [3.63, 3.8) is 0 Å². The first-order chi connectivity index (χ1) is 10.5. The Morgan fingerprint density at radius 1 is 1.05 bits per heavy atom. The van der Waals surface area contributed by atoms with Gasteiger partial charge in [-0.15, -0.1) is 0 Å². The molecule has 2 amide bonds. The van der Waals surface area contributed by atoms with Crippen molar-refractivity contribution in [2.24, 2.45) is 0 Å². The number of carbonyl (C=O) groups excluding carboxylic acids is 2. The summed E-state index contributed by atoms with van der Waals surface area (Å²) in [6.07, 6.45) is 0. The van der Waals surface area contributed by atoms with Crippen molar-refractivity contribution < 1.29 is 14.5 Å². The molecule has 0 aliphatic carbocycles. The van der Waals surface area contributed by atoms with Gasteiger partial charge in [0.15, 0.2) is 0 Å². The Labute approximate surface area is 133 Å². The van der Waals surface area contributed by atoms with Crippen LogP contribution in [-0.4, -0.2) is 21.6 Å². The monoisotopic (exact) mass is 360 g/mol. The molecule has 2 aromatic carbocycles. The highest BCUT2D eigenvalue weighted by Gasteiger charge is 2.40. The highest BCUT2D eigenvalue weighted by Crippen LogP contribution is 2.31. The third kappa shape index (κ3) is 2.29. The van der Waals surface area contributed by atoms with Crippen molar-refractivity contribution in [1.82, 2.24) is 4.90 Å². The first-order valence-corrected chi connectivity index (χ1v) is 7.16. The molecule has 0 N–H and O–H groups in total. The van der Waals surface area contributed by atoms with E-state index in [1.807, 2.05) is 0 Å². The number of amides is 2. The average molecular weight is 361 g/mol. The second-order valence-corrected chi connectivity index (χ2v) is 5.70. The lowest BCUT2D eigenvalue weighted by Crippen LogP contribution is -2.29. The van der Waals surface area contributed by atoms with Crippen LogP contribution in [0.4, 0.5) is 5.69 Å². The minimum atomic E-state index is -0.646. The van der Waals surface area contributed by atoms with E-state index < -0.39 is 16.7 Å². The number of imide groups is 1. The Kier molecular flexibility index (Phi) is 3.50. The zero-order valence-electron chi connectivity index (χ0n) is 11.2. The van der Waals surface area contributed by atoms with Crippen LogP contribution >= 0.6 is 15.9 Å². The molecular weight excluding hydrogens is 352 g/mol. The van der Waals surface area contributed by atoms with Crippen molar-refractivity contribution >= 4 is 33.4 Å². The maximum Gasteiger partial charge on any atom is 0.282 e. The van der Waals surface area contributed by atoms with Gasteiger partial charge in [0, 0.05) is 10.5 Å². The number of nitro groups is 1. The van der Waals surface area contributed by atoms with E-state index in [0.717, 1.165) is 14.9 Å². The number of rotatable bonds is 3. The molecule has 6 nitrogen and oxygen atoms in total. The summed E-state index contributed by atoms with van der Waals surface area (Å²) >= 11 is 3.31. The normalized spacial score (nSPS) is 13.4. The van der Waals surface area contributed by atoms with E-state index in [1.54, 1.807) is 24.3 Å². The van der Waals surface area contributed by atoms with Gasteiger partial charge in [-0.1, -0.05) is 34.1 Å². The molecule has 0 unspecified atom stereocenters. The van der Waals surface area contributed by atoms with Crippen LogP contribution in [0, 0.1) is 10.1 Å². The van der Waals surface area contributed by atoms with Crippen LogP contribution in [0.25, 0.3) is 0 Å². The van der Waals surface area contributed by atoms with Crippen LogP contribution in [0.2, 0.25) is 0 Å². The maximum atomic E-state index is 12.4. The van der Waals surface area contributed by atoms with E-state index in [9.17, 15) is 19.7 Å². The minimum Gasteiger partial charge on any atom is -0.270 e. The molecule has 0 atom stereocenters. The second kappa shape index (κ2) is 5.34. The number of fused-ring (bicyclic) bond motifs is 1. The smallest absolute Gasteiger partial charge is 0.270 e. The molecule has 0 saturated carbocycles. The van der Waals surface area contributed by atoms with E-state index in [4.69, 9.17) is 0 Å². The van der Waals surface area contributed by atoms with Gasteiger partial charge in [0.1, 0.15) is 5.56 Å². The number of halogens is 1. The van der Waals surface area contributed by atoms with Gasteiger partial charge in [0.05, 0.1) is 17.0 Å². The van der Waals surface area contributed by atoms with Crippen LogP contribution in [0.5, 0.6) is 0 Å². The highest BCUT2D eigenvalue weighted by molar-refractivity contribution is 9.10. The predicted octanol–water partition coefficient (Wildman–Crippen LogP) is 3.15. The fourth-order valence-corrected chi connectivity index (χ4v) is 2.65. The van der Waals surface area contributed by atoms with E-state index in [-0.39, 0.29) is 23.4 Å². The number of benzene rings is 2. The second-order valence-electron chi connectivity index (χ2n) is 4.78. The fourth-order valence-electron chi connectivity index (χ4n) is 2.38. The van der Waals surface area contributed by atoms with E-state index in [1.165, 1.54) is 18.2 Å². The van der Waals surface area contributed by atoms with Crippen LogP contribution in [0.15, 0.2) is 46.9 Å². The molecule has 0 saturated heterocycles. The summed E-state index contributed by atoms with van der Waals surface area (Å²) < 4.78 is 0.884. The molecule has 3 rings (SSSR count). The summed E-state index contributed by atoms with van der Waals surface area (Å²) in [4.78, 5) is 36.1. The third-order valence-corrected chi connectivity index (χ3v) is 3.96. The topological polar surface area (TPSA) is 80.5 Å². The summed E-state index contributed by atoms with van der Waals surface area (Å²) in [7, 11) is 0. The molecule has 0 spiro atoms. The zero-order chi connectivity index (χ0) is 15.9. The van der Waals surface area contributed by atoms with E-state index in [0.29, 0.717) is 0 Å². The SMILES string of the molecule is O=C1c2cccc([N+](=O)[O-])c2C(=O)N1Cc1ccc(Br)cc1. The molecule has 0 fully saturated rings. The van der Waals surface area contributed by atoms with Crippen LogP contribution in [0.1, 0.15) is 26.3 Å². The van der Waals surface area contributed by atoms with Gasteiger partial charge in [0.2, 0.25) is 0 Å². The Morgan fingerprint density at radius 3 is 2.36 bits per heavy atom. The molecule has 7 heteroatoms.